The van der Waals surface area contributed by atoms with E-state index in [-0.39, 0.29) is 0 Å². The number of hydrogen-bond donors (Lipinski definition) is 2. The monoisotopic (exact) mass is 157 g/mol. The van der Waals surface area contributed by atoms with Crippen LogP contribution in [0.3, 0.4) is 0 Å². The minimum atomic E-state index is 0.578. The summed E-state index contributed by atoms with van der Waals surface area (Å²) in [6.07, 6.45) is 1.29. The smallest absolute Gasteiger partial charge is 0.0210 e. The van der Waals surface area contributed by atoms with Gasteiger partial charge in [0, 0.05) is 31.6 Å². The second kappa shape index (κ2) is 3.52. The Morgan fingerprint density at radius 3 is 2.18 bits per heavy atom. The minimum Gasteiger partial charge on any atom is -0.315 e. The van der Waals surface area contributed by atoms with Gasteiger partial charge in [0.2, 0.25) is 0 Å². The second-order valence-corrected chi connectivity index (χ2v) is 3.32. The number of rotatable bonds is 0. The van der Waals surface area contributed by atoms with Crippen LogP contribution in [0.15, 0.2) is 0 Å². The lowest BCUT2D eigenvalue weighted by Gasteiger charge is -2.38. The molecule has 2 saturated heterocycles. The topological polar surface area (TPSA) is 41.3 Å². The van der Waals surface area contributed by atoms with Crippen LogP contribution in [0.1, 0.15) is 20.3 Å². The molecular formula is C8H19N3. The van der Waals surface area contributed by atoms with Crippen LogP contribution in [0.4, 0.5) is 0 Å². The molecule has 2 fully saturated rings. The summed E-state index contributed by atoms with van der Waals surface area (Å²) >= 11 is 0. The number of nitrogens with zero attached hydrogens (tertiary/aromatic N) is 1. The molecule has 2 rings (SSSR count). The van der Waals surface area contributed by atoms with Gasteiger partial charge in [-0.2, -0.15) is 0 Å². The van der Waals surface area contributed by atoms with Crippen molar-refractivity contribution in [3.63, 3.8) is 0 Å². The quantitative estimate of drug-likeness (QED) is 0.493. The van der Waals surface area contributed by atoms with Crippen LogP contribution in [0.5, 0.6) is 0 Å². The molecule has 0 unspecified atom stereocenters. The Kier molecular flexibility index (Phi) is 2.87. The summed E-state index contributed by atoms with van der Waals surface area (Å²) in [6.45, 7) is 8.54. The SMILES string of the molecule is CC.NN1CCC2(CNC2)C1. The molecule has 11 heavy (non-hydrogen) atoms. The van der Waals surface area contributed by atoms with Gasteiger partial charge in [0.05, 0.1) is 0 Å². The van der Waals surface area contributed by atoms with E-state index < -0.39 is 0 Å². The van der Waals surface area contributed by atoms with Crippen LogP contribution in [-0.2, 0) is 0 Å². The van der Waals surface area contributed by atoms with Crippen LogP contribution in [0, 0.1) is 5.41 Å². The van der Waals surface area contributed by atoms with E-state index in [0.717, 1.165) is 13.1 Å². The van der Waals surface area contributed by atoms with Crippen molar-refractivity contribution in [3.05, 3.63) is 0 Å². The predicted octanol–water partition coefficient (Wildman–Crippen LogP) is 0.182. The van der Waals surface area contributed by atoms with Gasteiger partial charge in [0.15, 0.2) is 0 Å². The average molecular weight is 157 g/mol. The summed E-state index contributed by atoms with van der Waals surface area (Å²) in [7, 11) is 0. The van der Waals surface area contributed by atoms with Gasteiger partial charge < -0.3 is 5.32 Å². The first-order valence-corrected chi connectivity index (χ1v) is 4.51. The van der Waals surface area contributed by atoms with E-state index in [1.807, 2.05) is 18.9 Å². The lowest BCUT2D eigenvalue weighted by atomic mass is 9.81. The molecule has 2 heterocycles. The highest BCUT2D eigenvalue weighted by atomic mass is 15.4. The van der Waals surface area contributed by atoms with Crippen molar-refractivity contribution in [3.8, 4) is 0 Å². The van der Waals surface area contributed by atoms with Crippen LogP contribution in [0.2, 0.25) is 0 Å². The van der Waals surface area contributed by atoms with Crippen LogP contribution in [-0.4, -0.2) is 31.2 Å². The fourth-order valence-electron chi connectivity index (χ4n) is 1.74. The van der Waals surface area contributed by atoms with E-state index in [9.17, 15) is 0 Å². The Labute approximate surface area is 68.9 Å². The number of hydrogen-bond acceptors (Lipinski definition) is 3. The van der Waals surface area contributed by atoms with E-state index >= 15 is 0 Å². The molecule has 0 aromatic carbocycles. The Hall–Kier alpha value is -0.120. The van der Waals surface area contributed by atoms with Gasteiger partial charge in [-0.1, -0.05) is 13.8 Å². The molecule has 0 aliphatic carbocycles. The maximum Gasteiger partial charge on any atom is 0.0210 e. The van der Waals surface area contributed by atoms with E-state index in [0.29, 0.717) is 5.41 Å². The zero-order valence-corrected chi connectivity index (χ0v) is 7.56. The van der Waals surface area contributed by atoms with Gasteiger partial charge in [-0.25, -0.2) is 5.01 Å². The third-order valence-electron chi connectivity index (χ3n) is 2.47. The van der Waals surface area contributed by atoms with Crippen molar-refractivity contribution < 1.29 is 0 Å². The second-order valence-electron chi connectivity index (χ2n) is 3.32. The minimum absolute atomic E-state index is 0.578. The predicted molar refractivity (Wildman–Crippen MR) is 47.0 cm³/mol. The third kappa shape index (κ3) is 1.72. The van der Waals surface area contributed by atoms with Gasteiger partial charge >= 0.3 is 0 Å². The van der Waals surface area contributed by atoms with Gasteiger partial charge in [0.25, 0.3) is 0 Å². The number of nitrogens with one attached hydrogen (secondary N) is 1. The fraction of sp³-hybridized carbons (Fsp3) is 1.00. The molecule has 0 bridgehead atoms. The first-order chi connectivity index (χ1) is 5.31. The summed E-state index contributed by atoms with van der Waals surface area (Å²) in [5.74, 6) is 5.63. The van der Waals surface area contributed by atoms with Crippen molar-refractivity contribution in [2.45, 2.75) is 20.3 Å². The highest BCUT2D eigenvalue weighted by Gasteiger charge is 2.41. The van der Waals surface area contributed by atoms with Crippen LogP contribution in [0.25, 0.3) is 0 Å². The number of hydrazine groups is 1. The molecule has 0 atom stereocenters. The van der Waals surface area contributed by atoms with Crippen molar-refractivity contribution in [2.24, 2.45) is 11.3 Å². The molecule has 0 saturated carbocycles. The summed E-state index contributed by atoms with van der Waals surface area (Å²) < 4.78 is 0. The summed E-state index contributed by atoms with van der Waals surface area (Å²) in [6, 6.07) is 0. The maximum atomic E-state index is 5.63. The summed E-state index contributed by atoms with van der Waals surface area (Å²) in [5, 5.41) is 5.21. The Morgan fingerprint density at radius 1 is 1.36 bits per heavy atom. The highest BCUT2D eigenvalue weighted by molar-refractivity contribution is 4.97. The van der Waals surface area contributed by atoms with Gasteiger partial charge in [-0.3, -0.25) is 5.84 Å². The molecule has 0 aromatic heterocycles. The first-order valence-electron chi connectivity index (χ1n) is 4.51. The molecule has 0 radical (unpaired) electrons. The summed E-state index contributed by atoms with van der Waals surface area (Å²) in [5.41, 5.74) is 0.578. The molecule has 3 heteroatoms. The van der Waals surface area contributed by atoms with Crippen molar-refractivity contribution in [1.29, 1.82) is 0 Å². The molecule has 66 valence electrons. The molecule has 0 amide bonds. The van der Waals surface area contributed by atoms with Crippen LogP contribution >= 0.6 is 0 Å². The maximum absolute atomic E-state index is 5.63. The average Bonchev–Trinajstić information content (AvgIpc) is 2.35. The van der Waals surface area contributed by atoms with Gasteiger partial charge in [-0.15, -0.1) is 0 Å². The molecule has 2 aliphatic rings. The Morgan fingerprint density at radius 2 is 2.00 bits per heavy atom. The molecule has 1 spiro atoms. The Bertz CT molecular complexity index is 121. The molecular weight excluding hydrogens is 138 g/mol. The van der Waals surface area contributed by atoms with Crippen molar-refractivity contribution >= 4 is 0 Å². The standard InChI is InChI=1S/C6H13N3.C2H6/c7-9-2-1-6(5-9)3-8-4-6;1-2/h8H,1-5,7H2;1-2H3. The Balaban J connectivity index is 0.000000281. The molecule has 3 nitrogen and oxygen atoms in total. The van der Waals surface area contributed by atoms with Crippen LogP contribution < -0.4 is 11.2 Å². The largest absolute Gasteiger partial charge is 0.315 e. The normalized spacial score (nSPS) is 27.5. The van der Waals surface area contributed by atoms with Crippen molar-refractivity contribution in [1.82, 2.24) is 10.3 Å². The zero-order valence-electron chi connectivity index (χ0n) is 7.56. The van der Waals surface area contributed by atoms with Crippen molar-refractivity contribution in [2.75, 3.05) is 26.2 Å². The van der Waals surface area contributed by atoms with E-state index in [2.05, 4.69) is 5.32 Å². The van der Waals surface area contributed by atoms with E-state index in [4.69, 9.17) is 5.84 Å². The lowest BCUT2D eigenvalue weighted by molar-refractivity contribution is 0.170. The van der Waals surface area contributed by atoms with Gasteiger partial charge in [-0.05, 0) is 6.42 Å². The van der Waals surface area contributed by atoms with Gasteiger partial charge in [0.1, 0.15) is 0 Å². The fourth-order valence-corrected chi connectivity index (χ4v) is 1.74. The van der Waals surface area contributed by atoms with E-state index in [1.54, 1.807) is 0 Å². The zero-order chi connectivity index (χ0) is 8.32. The molecule has 0 aromatic rings. The number of nitrogens with two attached hydrogens (primary N) is 1. The lowest BCUT2D eigenvalue weighted by Crippen LogP contribution is -2.55. The summed E-state index contributed by atoms with van der Waals surface area (Å²) in [4.78, 5) is 0. The molecule has 2 aliphatic heterocycles. The first kappa shape index (κ1) is 8.97. The highest BCUT2D eigenvalue weighted by Crippen LogP contribution is 2.32. The third-order valence-corrected chi connectivity index (χ3v) is 2.47. The molecule has 3 N–H and O–H groups in total. The van der Waals surface area contributed by atoms with E-state index in [1.165, 1.54) is 19.5 Å².